The van der Waals surface area contributed by atoms with Gasteiger partial charge in [-0.05, 0) is 30.7 Å². The zero-order valence-electron chi connectivity index (χ0n) is 10.2. The van der Waals surface area contributed by atoms with Crippen LogP contribution in [0.5, 0.6) is 0 Å². The molecule has 1 heterocycles. The summed E-state index contributed by atoms with van der Waals surface area (Å²) in [6.07, 6.45) is 0.807. The number of hydrogen-bond acceptors (Lipinski definition) is 3. The lowest BCUT2D eigenvalue weighted by molar-refractivity contribution is -0.144. The summed E-state index contributed by atoms with van der Waals surface area (Å²) in [6.45, 7) is 2.20. The predicted molar refractivity (Wildman–Crippen MR) is 66.8 cm³/mol. The first-order chi connectivity index (χ1) is 8.60. The molecule has 98 valence electrons. The van der Waals surface area contributed by atoms with E-state index in [0.29, 0.717) is 13.1 Å². The Labute approximate surface area is 110 Å². The molecule has 1 aliphatic heterocycles. The fraction of sp³-hybridized carbons (Fsp3) is 0.462. The van der Waals surface area contributed by atoms with Gasteiger partial charge in [-0.1, -0.05) is 17.7 Å². The third-order valence-electron chi connectivity index (χ3n) is 3.20. The first kappa shape index (κ1) is 13.3. The second-order valence-corrected chi connectivity index (χ2v) is 4.90. The van der Waals surface area contributed by atoms with Crippen molar-refractivity contribution in [2.24, 2.45) is 5.92 Å². The van der Waals surface area contributed by atoms with Gasteiger partial charge in [0, 0.05) is 13.1 Å². The second kappa shape index (κ2) is 5.67. The predicted octanol–water partition coefficient (Wildman–Crippen LogP) is 2.47. The Balaban J connectivity index is 1.95. The quantitative estimate of drug-likeness (QED) is 0.791. The van der Waals surface area contributed by atoms with E-state index in [2.05, 4.69) is 4.90 Å². The molecule has 1 fully saturated rings. The van der Waals surface area contributed by atoms with Gasteiger partial charge in [0.25, 0.3) is 0 Å². The smallest absolute Gasteiger partial charge is 0.310 e. The molecule has 0 spiro atoms. The normalized spacial score (nSPS) is 20.1. The van der Waals surface area contributed by atoms with Crippen LogP contribution in [0.1, 0.15) is 12.0 Å². The van der Waals surface area contributed by atoms with Crippen molar-refractivity contribution in [3.05, 3.63) is 34.6 Å². The Bertz CT molecular complexity index is 453. The molecule has 0 N–H and O–H groups in total. The summed E-state index contributed by atoms with van der Waals surface area (Å²) in [5.41, 5.74) is 0.951. The number of ether oxygens (including phenoxy) is 1. The van der Waals surface area contributed by atoms with Crippen LogP contribution in [0.15, 0.2) is 18.2 Å². The van der Waals surface area contributed by atoms with Crippen LogP contribution < -0.4 is 0 Å². The van der Waals surface area contributed by atoms with E-state index in [1.165, 1.54) is 13.2 Å². The largest absolute Gasteiger partial charge is 0.469 e. The van der Waals surface area contributed by atoms with Crippen molar-refractivity contribution in [3.8, 4) is 0 Å². The highest BCUT2D eigenvalue weighted by molar-refractivity contribution is 6.30. The molecule has 1 unspecified atom stereocenters. The Morgan fingerprint density at radius 2 is 2.39 bits per heavy atom. The molecular weight excluding hydrogens is 257 g/mol. The van der Waals surface area contributed by atoms with Gasteiger partial charge in [0.15, 0.2) is 0 Å². The molecule has 2 rings (SSSR count). The number of likely N-dealkylation sites (tertiary alicyclic amines) is 1. The third-order valence-corrected chi connectivity index (χ3v) is 3.49. The van der Waals surface area contributed by atoms with Crippen molar-refractivity contribution in [3.63, 3.8) is 0 Å². The monoisotopic (exact) mass is 271 g/mol. The fourth-order valence-corrected chi connectivity index (χ4v) is 2.43. The molecule has 1 saturated heterocycles. The zero-order valence-corrected chi connectivity index (χ0v) is 10.9. The molecule has 0 aliphatic carbocycles. The highest BCUT2D eigenvalue weighted by Gasteiger charge is 2.28. The van der Waals surface area contributed by atoms with E-state index in [4.69, 9.17) is 16.3 Å². The minimum absolute atomic E-state index is 0.0501. The number of hydrogen-bond donors (Lipinski definition) is 0. The topological polar surface area (TPSA) is 29.5 Å². The highest BCUT2D eigenvalue weighted by Crippen LogP contribution is 2.22. The molecule has 18 heavy (non-hydrogen) atoms. The molecule has 0 amide bonds. The Morgan fingerprint density at radius 1 is 1.61 bits per heavy atom. The molecule has 0 aromatic heterocycles. The first-order valence-corrected chi connectivity index (χ1v) is 6.22. The maximum absolute atomic E-state index is 13.0. The van der Waals surface area contributed by atoms with Crippen molar-refractivity contribution >= 4 is 17.6 Å². The molecule has 0 saturated carbocycles. The van der Waals surface area contributed by atoms with E-state index < -0.39 is 5.82 Å². The number of rotatable bonds is 3. The number of carbonyl (C=O) groups excluding carboxylic acids is 1. The molecule has 1 aromatic rings. The minimum atomic E-state index is -0.408. The summed E-state index contributed by atoms with van der Waals surface area (Å²) in [7, 11) is 1.41. The van der Waals surface area contributed by atoms with Crippen LogP contribution in [0.3, 0.4) is 0 Å². The van der Waals surface area contributed by atoms with Gasteiger partial charge in [-0.15, -0.1) is 0 Å². The van der Waals surface area contributed by atoms with Gasteiger partial charge < -0.3 is 4.74 Å². The van der Waals surface area contributed by atoms with Gasteiger partial charge >= 0.3 is 5.97 Å². The van der Waals surface area contributed by atoms with Crippen molar-refractivity contribution in [2.45, 2.75) is 13.0 Å². The number of carbonyl (C=O) groups is 1. The standard InChI is InChI=1S/C13H15ClFNO2/c1-18-13(17)10-4-5-16(8-10)7-9-2-3-12(15)11(14)6-9/h2-3,6,10H,4-5,7-8H2,1H3. The molecular formula is C13H15ClFNO2. The highest BCUT2D eigenvalue weighted by atomic mass is 35.5. The van der Waals surface area contributed by atoms with Gasteiger partial charge in [0.2, 0.25) is 0 Å². The number of halogens is 2. The van der Waals surface area contributed by atoms with Crippen LogP contribution >= 0.6 is 11.6 Å². The molecule has 0 radical (unpaired) electrons. The van der Waals surface area contributed by atoms with E-state index in [-0.39, 0.29) is 16.9 Å². The Kier molecular flexibility index (Phi) is 4.19. The molecule has 5 heteroatoms. The minimum Gasteiger partial charge on any atom is -0.469 e. The van der Waals surface area contributed by atoms with Gasteiger partial charge in [-0.25, -0.2) is 4.39 Å². The first-order valence-electron chi connectivity index (χ1n) is 5.84. The number of benzene rings is 1. The Morgan fingerprint density at radius 3 is 3.06 bits per heavy atom. The Hall–Kier alpha value is -1.13. The zero-order chi connectivity index (χ0) is 13.1. The summed E-state index contributed by atoms with van der Waals surface area (Å²) in [5, 5.41) is 0.135. The number of esters is 1. The van der Waals surface area contributed by atoms with Gasteiger partial charge in [-0.2, -0.15) is 0 Å². The van der Waals surface area contributed by atoms with E-state index >= 15 is 0 Å². The van der Waals surface area contributed by atoms with Gasteiger partial charge in [0.05, 0.1) is 18.1 Å². The van der Waals surface area contributed by atoms with Crippen molar-refractivity contribution < 1.29 is 13.9 Å². The summed E-state index contributed by atoms with van der Waals surface area (Å²) >= 11 is 5.73. The fourth-order valence-electron chi connectivity index (χ4n) is 2.23. The van der Waals surface area contributed by atoms with Crippen molar-refractivity contribution in [2.75, 3.05) is 20.2 Å². The lowest BCUT2D eigenvalue weighted by Gasteiger charge is -2.15. The maximum atomic E-state index is 13.0. The van der Waals surface area contributed by atoms with Crippen molar-refractivity contribution in [1.82, 2.24) is 4.90 Å². The number of methoxy groups -OCH3 is 1. The van der Waals surface area contributed by atoms with E-state index in [0.717, 1.165) is 18.5 Å². The average Bonchev–Trinajstić information content (AvgIpc) is 2.81. The van der Waals surface area contributed by atoms with Crippen LogP contribution in [0.4, 0.5) is 4.39 Å². The van der Waals surface area contributed by atoms with Crippen LogP contribution in [0.25, 0.3) is 0 Å². The summed E-state index contributed by atoms with van der Waals surface area (Å²) in [4.78, 5) is 13.5. The van der Waals surface area contributed by atoms with Gasteiger partial charge in [-0.3, -0.25) is 9.69 Å². The van der Waals surface area contributed by atoms with Crippen LogP contribution in [0.2, 0.25) is 5.02 Å². The van der Waals surface area contributed by atoms with E-state index in [1.54, 1.807) is 12.1 Å². The maximum Gasteiger partial charge on any atom is 0.310 e. The van der Waals surface area contributed by atoms with E-state index in [1.807, 2.05) is 0 Å². The second-order valence-electron chi connectivity index (χ2n) is 4.49. The van der Waals surface area contributed by atoms with Crippen LogP contribution in [-0.2, 0) is 16.1 Å². The molecule has 1 aromatic carbocycles. The average molecular weight is 272 g/mol. The summed E-state index contributed by atoms with van der Waals surface area (Å²) in [6, 6.07) is 4.71. The third kappa shape index (κ3) is 3.00. The van der Waals surface area contributed by atoms with Crippen LogP contribution in [0, 0.1) is 11.7 Å². The van der Waals surface area contributed by atoms with Crippen LogP contribution in [-0.4, -0.2) is 31.1 Å². The number of nitrogens with zero attached hydrogens (tertiary/aromatic N) is 1. The SMILES string of the molecule is COC(=O)C1CCN(Cc2ccc(F)c(Cl)c2)C1. The summed E-state index contributed by atoms with van der Waals surface area (Å²) < 4.78 is 17.8. The molecule has 0 bridgehead atoms. The molecule has 1 atom stereocenters. The molecule has 3 nitrogen and oxygen atoms in total. The van der Waals surface area contributed by atoms with Gasteiger partial charge in [0.1, 0.15) is 5.82 Å². The lowest BCUT2D eigenvalue weighted by Crippen LogP contribution is -2.23. The van der Waals surface area contributed by atoms with Crippen molar-refractivity contribution in [1.29, 1.82) is 0 Å². The summed E-state index contributed by atoms with van der Waals surface area (Å²) in [5.74, 6) is -0.616. The lowest BCUT2D eigenvalue weighted by atomic mass is 10.1. The van der Waals surface area contributed by atoms with E-state index in [9.17, 15) is 9.18 Å². The molecule has 1 aliphatic rings.